The first-order valence-corrected chi connectivity index (χ1v) is 6.88. The predicted octanol–water partition coefficient (Wildman–Crippen LogP) is 3.82. The molecular weight excluding hydrogens is 251 g/mol. The SMILES string of the molecule is CC(C)N(Cc1ccccc1N)Cc1ccccc1F. The zero-order valence-corrected chi connectivity index (χ0v) is 12.0. The fourth-order valence-electron chi connectivity index (χ4n) is 2.16. The second-order valence-corrected chi connectivity index (χ2v) is 5.29. The van der Waals surface area contributed by atoms with E-state index >= 15 is 0 Å². The fraction of sp³-hybridized carbons (Fsp3) is 0.294. The van der Waals surface area contributed by atoms with Crippen LogP contribution in [0.25, 0.3) is 0 Å². The van der Waals surface area contributed by atoms with Gasteiger partial charge in [-0.15, -0.1) is 0 Å². The van der Waals surface area contributed by atoms with Crippen molar-refractivity contribution in [3.8, 4) is 0 Å². The van der Waals surface area contributed by atoms with E-state index in [1.54, 1.807) is 6.07 Å². The van der Waals surface area contributed by atoms with Crippen LogP contribution in [-0.2, 0) is 13.1 Å². The summed E-state index contributed by atoms with van der Waals surface area (Å²) >= 11 is 0. The lowest BCUT2D eigenvalue weighted by molar-refractivity contribution is 0.201. The number of nitrogens with two attached hydrogens (primary N) is 1. The Balaban J connectivity index is 2.16. The third-order valence-electron chi connectivity index (χ3n) is 3.49. The van der Waals surface area contributed by atoms with Crippen LogP contribution in [0, 0.1) is 5.82 Å². The molecule has 2 aromatic rings. The van der Waals surface area contributed by atoms with Gasteiger partial charge in [-0.1, -0.05) is 36.4 Å². The molecule has 0 fully saturated rings. The summed E-state index contributed by atoms with van der Waals surface area (Å²) in [5, 5.41) is 0. The van der Waals surface area contributed by atoms with E-state index in [1.807, 2.05) is 36.4 Å². The van der Waals surface area contributed by atoms with E-state index in [0.29, 0.717) is 12.6 Å². The van der Waals surface area contributed by atoms with Gasteiger partial charge in [-0.25, -0.2) is 4.39 Å². The number of rotatable bonds is 5. The molecule has 106 valence electrons. The largest absolute Gasteiger partial charge is 0.398 e. The van der Waals surface area contributed by atoms with Gasteiger partial charge in [0.05, 0.1) is 0 Å². The van der Waals surface area contributed by atoms with Crippen molar-refractivity contribution < 1.29 is 4.39 Å². The van der Waals surface area contributed by atoms with Crippen molar-refractivity contribution in [2.75, 3.05) is 5.73 Å². The standard InChI is InChI=1S/C17H21FN2/c1-13(2)20(11-14-7-3-5-9-16(14)18)12-15-8-4-6-10-17(15)19/h3-10,13H,11-12,19H2,1-2H3. The lowest BCUT2D eigenvalue weighted by atomic mass is 10.1. The molecule has 0 heterocycles. The molecule has 3 heteroatoms. The quantitative estimate of drug-likeness (QED) is 0.838. The van der Waals surface area contributed by atoms with Crippen LogP contribution < -0.4 is 5.73 Å². The maximum atomic E-state index is 13.8. The van der Waals surface area contributed by atoms with Crippen LogP contribution in [0.15, 0.2) is 48.5 Å². The second kappa shape index (κ2) is 6.53. The monoisotopic (exact) mass is 272 g/mol. The van der Waals surface area contributed by atoms with Crippen LogP contribution in [0.4, 0.5) is 10.1 Å². The van der Waals surface area contributed by atoms with E-state index in [1.165, 1.54) is 6.07 Å². The maximum absolute atomic E-state index is 13.8. The van der Waals surface area contributed by atoms with Gasteiger partial charge in [-0.2, -0.15) is 0 Å². The van der Waals surface area contributed by atoms with Gasteiger partial charge in [0, 0.05) is 30.4 Å². The first kappa shape index (κ1) is 14.5. The lowest BCUT2D eigenvalue weighted by Crippen LogP contribution is -2.30. The molecule has 0 aliphatic carbocycles. The highest BCUT2D eigenvalue weighted by Gasteiger charge is 2.14. The highest BCUT2D eigenvalue weighted by molar-refractivity contribution is 5.46. The van der Waals surface area contributed by atoms with Crippen LogP contribution in [0.2, 0.25) is 0 Å². The summed E-state index contributed by atoms with van der Waals surface area (Å²) in [4.78, 5) is 2.21. The highest BCUT2D eigenvalue weighted by atomic mass is 19.1. The molecule has 2 rings (SSSR count). The van der Waals surface area contributed by atoms with Crippen LogP contribution in [0.5, 0.6) is 0 Å². The Morgan fingerprint density at radius 3 is 2.10 bits per heavy atom. The molecule has 0 atom stereocenters. The molecule has 20 heavy (non-hydrogen) atoms. The summed E-state index contributed by atoms with van der Waals surface area (Å²) in [6.45, 7) is 5.53. The van der Waals surface area contributed by atoms with Crippen LogP contribution in [0.3, 0.4) is 0 Å². The molecule has 0 aromatic heterocycles. The third-order valence-corrected chi connectivity index (χ3v) is 3.49. The van der Waals surface area contributed by atoms with Crippen molar-refractivity contribution in [2.45, 2.75) is 33.0 Å². The number of nitrogens with zero attached hydrogens (tertiary/aromatic N) is 1. The van der Waals surface area contributed by atoms with E-state index in [0.717, 1.165) is 23.4 Å². The Kier molecular flexibility index (Phi) is 4.74. The zero-order chi connectivity index (χ0) is 14.5. The molecular formula is C17H21FN2. The number of hydrogen-bond donors (Lipinski definition) is 1. The summed E-state index contributed by atoms with van der Waals surface area (Å²) in [6, 6.07) is 15.1. The van der Waals surface area contributed by atoms with Gasteiger partial charge in [0.1, 0.15) is 5.82 Å². The van der Waals surface area contributed by atoms with Gasteiger partial charge in [-0.3, -0.25) is 4.90 Å². The summed E-state index contributed by atoms with van der Waals surface area (Å²) in [5.74, 6) is -0.154. The molecule has 2 aromatic carbocycles. The minimum absolute atomic E-state index is 0.154. The molecule has 2 nitrogen and oxygen atoms in total. The highest BCUT2D eigenvalue weighted by Crippen LogP contribution is 2.18. The molecule has 0 amide bonds. The van der Waals surface area contributed by atoms with Gasteiger partial charge in [0.15, 0.2) is 0 Å². The molecule has 0 bridgehead atoms. The van der Waals surface area contributed by atoms with Gasteiger partial charge >= 0.3 is 0 Å². The Bertz CT molecular complexity index is 519. The van der Waals surface area contributed by atoms with E-state index < -0.39 is 0 Å². The van der Waals surface area contributed by atoms with Crippen LogP contribution >= 0.6 is 0 Å². The van der Waals surface area contributed by atoms with Gasteiger partial charge < -0.3 is 5.73 Å². The van der Waals surface area contributed by atoms with E-state index in [4.69, 9.17) is 5.73 Å². The summed E-state index contributed by atoms with van der Waals surface area (Å²) in [7, 11) is 0. The minimum atomic E-state index is -0.154. The normalized spacial score (nSPS) is 11.2. The molecule has 0 unspecified atom stereocenters. The lowest BCUT2D eigenvalue weighted by Gasteiger charge is -2.27. The predicted molar refractivity (Wildman–Crippen MR) is 81.6 cm³/mol. The summed E-state index contributed by atoms with van der Waals surface area (Å²) < 4.78 is 13.8. The van der Waals surface area contributed by atoms with Crippen LogP contribution in [0.1, 0.15) is 25.0 Å². The molecule has 0 aliphatic rings. The Morgan fingerprint density at radius 2 is 1.50 bits per heavy atom. The van der Waals surface area contributed by atoms with Gasteiger partial charge in [0.2, 0.25) is 0 Å². The Hall–Kier alpha value is -1.87. The average Bonchev–Trinajstić information content (AvgIpc) is 2.42. The first-order valence-electron chi connectivity index (χ1n) is 6.88. The van der Waals surface area contributed by atoms with Crippen molar-refractivity contribution in [1.82, 2.24) is 4.90 Å². The minimum Gasteiger partial charge on any atom is -0.398 e. The molecule has 0 aliphatic heterocycles. The van der Waals surface area contributed by atoms with E-state index in [-0.39, 0.29) is 5.82 Å². The smallest absolute Gasteiger partial charge is 0.127 e. The number of anilines is 1. The van der Waals surface area contributed by atoms with Crippen molar-refractivity contribution in [2.24, 2.45) is 0 Å². The van der Waals surface area contributed by atoms with Gasteiger partial charge in [0.25, 0.3) is 0 Å². The number of nitrogen functional groups attached to an aromatic ring is 1. The number of benzene rings is 2. The fourth-order valence-corrected chi connectivity index (χ4v) is 2.16. The number of para-hydroxylation sites is 1. The molecule has 0 saturated carbocycles. The number of halogens is 1. The number of hydrogen-bond acceptors (Lipinski definition) is 2. The van der Waals surface area contributed by atoms with E-state index in [2.05, 4.69) is 18.7 Å². The third kappa shape index (κ3) is 3.58. The second-order valence-electron chi connectivity index (χ2n) is 5.29. The van der Waals surface area contributed by atoms with E-state index in [9.17, 15) is 4.39 Å². The molecule has 0 saturated heterocycles. The summed E-state index contributed by atoms with van der Waals surface area (Å²) in [5.41, 5.74) is 8.57. The Labute approximate surface area is 120 Å². The van der Waals surface area contributed by atoms with Crippen LogP contribution in [-0.4, -0.2) is 10.9 Å². The first-order chi connectivity index (χ1) is 9.58. The topological polar surface area (TPSA) is 29.3 Å². The van der Waals surface area contributed by atoms with Crippen molar-refractivity contribution in [1.29, 1.82) is 0 Å². The summed E-state index contributed by atoms with van der Waals surface area (Å²) in [6.07, 6.45) is 0. The van der Waals surface area contributed by atoms with Gasteiger partial charge in [-0.05, 0) is 31.5 Å². The zero-order valence-electron chi connectivity index (χ0n) is 12.0. The van der Waals surface area contributed by atoms with Crippen molar-refractivity contribution in [3.63, 3.8) is 0 Å². The van der Waals surface area contributed by atoms with Crippen molar-refractivity contribution in [3.05, 3.63) is 65.5 Å². The molecule has 0 spiro atoms. The average molecular weight is 272 g/mol. The molecule has 0 radical (unpaired) electrons. The molecule has 2 N–H and O–H groups in total. The Morgan fingerprint density at radius 1 is 0.950 bits per heavy atom. The maximum Gasteiger partial charge on any atom is 0.127 e. The van der Waals surface area contributed by atoms with Crippen molar-refractivity contribution >= 4 is 5.69 Å².